The lowest BCUT2D eigenvalue weighted by molar-refractivity contribution is -0.188. The van der Waals surface area contributed by atoms with Gasteiger partial charge < -0.3 is 10.1 Å². The average Bonchev–Trinajstić information content (AvgIpc) is 2.23. The smallest absolute Gasteiger partial charge is 0.369 e. The van der Waals surface area contributed by atoms with Gasteiger partial charge >= 0.3 is 6.18 Å². The second-order valence-corrected chi connectivity index (χ2v) is 7.76. The van der Waals surface area contributed by atoms with Crippen LogP contribution in [0.2, 0.25) is 0 Å². The molecule has 0 aromatic carbocycles. The van der Waals surface area contributed by atoms with Crippen LogP contribution in [0.3, 0.4) is 0 Å². The normalized spacial score (nSPS) is 26.4. The molecule has 1 rings (SSSR count). The molecule has 0 aliphatic heterocycles. The van der Waals surface area contributed by atoms with E-state index in [0.717, 1.165) is 12.8 Å². The molecule has 0 aromatic heterocycles. The Morgan fingerprint density at radius 2 is 2.00 bits per heavy atom. The van der Waals surface area contributed by atoms with Crippen molar-refractivity contribution in [2.75, 3.05) is 18.6 Å². The van der Waals surface area contributed by atoms with Crippen LogP contribution in [0.25, 0.3) is 0 Å². The van der Waals surface area contributed by atoms with Crippen LogP contribution in [0, 0.1) is 0 Å². The molecule has 0 spiro atoms. The van der Waals surface area contributed by atoms with Crippen molar-refractivity contribution in [1.29, 1.82) is 0 Å². The highest BCUT2D eigenvalue weighted by atomic mass is 32.2. The van der Waals surface area contributed by atoms with Gasteiger partial charge in [-0.1, -0.05) is 0 Å². The summed E-state index contributed by atoms with van der Waals surface area (Å²) in [4.78, 5) is 0. The van der Waals surface area contributed by atoms with Crippen molar-refractivity contribution in [2.45, 2.75) is 57.0 Å². The molecule has 3 atom stereocenters. The van der Waals surface area contributed by atoms with Gasteiger partial charge in [0, 0.05) is 18.3 Å². The van der Waals surface area contributed by atoms with E-state index in [4.69, 9.17) is 4.74 Å². The Morgan fingerprint density at radius 1 is 1.35 bits per heavy atom. The van der Waals surface area contributed by atoms with Crippen molar-refractivity contribution in [3.05, 3.63) is 0 Å². The Balaban J connectivity index is 2.37. The van der Waals surface area contributed by atoms with Gasteiger partial charge in [0.15, 0.2) is 0 Å². The Hall–Kier alpha value is -0.340. The molecule has 3 unspecified atom stereocenters. The summed E-state index contributed by atoms with van der Waals surface area (Å²) < 4.78 is 63.5. The molecule has 1 N–H and O–H groups in total. The van der Waals surface area contributed by atoms with Crippen LogP contribution in [0.5, 0.6) is 0 Å². The maximum Gasteiger partial charge on any atom is 0.411 e. The molecule has 0 saturated heterocycles. The number of ether oxygens (including phenoxy) is 1. The van der Waals surface area contributed by atoms with Crippen LogP contribution in [0.4, 0.5) is 13.2 Å². The Kier molecular flexibility index (Phi) is 6.27. The first-order chi connectivity index (χ1) is 9.05. The fourth-order valence-electron chi connectivity index (χ4n) is 2.56. The van der Waals surface area contributed by atoms with Gasteiger partial charge in [-0.25, -0.2) is 8.42 Å². The standard InChI is InChI=1S/C12H22F3NO3S/c1-9(7-20(2,17)18)16-10-4-3-5-11(6-10)19-8-12(13,14)15/h9-11,16H,3-8H2,1-2H3. The summed E-state index contributed by atoms with van der Waals surface area (Å²) in [5.41, 5.74) is 0. The van der Waals surface area contributed by atoms with Crippen molar-refractivity contribution >= 4 is 9.84 Å². The molecule has 1 aliphatic carbocycles. The quantitative estimate of drug-likeness (QED) is 0.813. The fourth-order valence-corrected chi connectivity index (χ4v) is 3.57. The molecule has 120 valence electrons. The number of halogens is 3. The van der Waals surface area contributed by atoms with E-state index in [2.05, 4.69) is 5.32 Å². The molecule has 0 bridgehead atoms. The van der Waals surface area contributed by atoms with E-state index in [0.29, 0.717) is 12.8 Å². The van der Waals surface area contributed by atoms with Crippen molar-refractivity contribution in [1.82, 2.24) is 5.32 Å². The third kappa shape index (κ3) is 8.06. The van der Waals surface area contributed by atoms with E-state index in [1.807, 2.05) is 0 Å². The molecule has 1 saturated carbocycles. The maximum atomic E-state index is 12.1. The van der Waals surface area contributed by atoms with Gasteiger partial charge in [-0.15, -0.1) is 0 Å². The van der Waals surface area contributed by atoms with E-state index in [-0.39, 0.29) is 17.8 Å². The lowest BCUT2D eigenvalue weighted by Crippen LogP contribution is -2.44. The van der Waals surface area contributed by atoms with E-state index >= 15 is 0 Å². The van der Waals surface area contributed by atoms with Gasteiger partial charge in [-0.05, 0) is 32.6 Å². The first kappa shape index (κ1) is 17.7. The molecule has 20 heavy (non-hydrogen) atoms. The molecule has 0 heterocycles. The topological polar surface area (TPSA) is 55.4 Å². The number of sulfone groups is 1. The highest BCUT2D eigenvalue weighted by Gasteiger charge is 2.31. The van der Waals surface area contributed by atoms with E-state index in [1.54, 1.807) is 6.92 Å². The lowest BCUT2D eigenvalue weighted by Gasteiger charge is -2.32. The molecule has 8 heteroatoms. The minimum Gasteiger partial charge on any atom is -0.369 e. The van der Waals surface area contributed by atoms with Crippen LogP contribution >= 0.6 is 0 Å². The van der Waals surface area contributed by atoms with Crippen molar-refractivity contribution in [3.8, 4) is 0 Å². The minimum absolute atomic E-state index is 0.0127. The summed E-state index contributed by atoms with van der Waals surface area (Å²) in [6.45, 7) is 0.546. The second-order valence-electron chi connectivity index (χ2n) is 5.57. The first-order valence-electron chi connectivity index (χ1n) is 6.67. The van der Waals surface area contributed by atoms with Gasteiger partial charge in [0.1, 0.15) is 16.4 Å². The molecular weight excluding hydrogens is 295 g/mol. The highest BCUT2D eigenvalue weighted by molar-refractivity contribution is 7.90. The SMILES string of the molecule is CC(CS(C)(=O)=O)NC1CCCC(OCC(F)(F)F)C1. The summed E-state index contributed by atoms with van der Waals surface area (Å²) >= 11 is 0. The fraction of sp³-hybridized carbons (Fsp3) is 1.00. The van der Waals surface area contributed by atoms with Gasteiger partial charge in [0.25, 0.3) is 0 Å². The zero-order chi connectivity index (χ0) is 15.4. The van der Waals surface area contributed by atoms with E-state index in [9.17, 15) is 21.6 Å². The van der Waals surface area contributed by atoms with Gasteiger partial charge in [-0.3, -0.25) is 0 Å². The number of hydrogen-bond donors (Lipinski definition) is 1. The van der Waals surface area contributed by atoms with Crippen LogP contribution in [-0.4, -0.2) is 51.4 Å². The largest absolute Gasteiger partial charge is 0.411 e. The average molecular weight is 317 g/mol. The minimum atomic E-state index is -4.30. The molecule has 0 aromatic rings. The van der Waals surface area contributed by atoms with E-state index in [1.165, 1.54) is 6.26 Å². The van der Waals surface area contributed by atoms with Crippen molar-refractivity contribution < 1.29 is 26.3 Å². The Bertz CT molecular complexity index is 397. The van der Waals surface area contributed by atoms with E-state index < -0.39 is 28.7 Å². The third-order valence-electron chi connectivity index (χ3n) is 3.18. The molecular formula is C12H22F3NO3S. The van der Waals surface area contributed by atoms with Crippen LogP contribution in [0.15, 0.2) is 0 Å². The first-order valence-corrected chi connectivity index (χ1v) is 8.73. The number of rotatable bonds is 6. The monoisotopic (exact) mass is 317 g/mol. The van der Waals surface area contributed by atoms with Gasteiger partial charge in [-0.2, -0.15) is 13.2 Å². The van der Waals surface area contributed by atoms with Crippen molar-refractivity contribution in [2.24, 2.45) is 0 Å². The maximum absolute atomic E-state index is 12.1. The molecule has 4 nitrogen and oxygen atoms in total. The Labute approximate surface area is 118 Å². The molecule has 0 radical (unpaired) electrons. The highest BCUT2D eigenvalue weighted by Crippen LogP contribution is 2.24. The summed E-state index contributed by atoms with van der Waals surface area (Å²) in [6.07, 6.45) is -0.816. The predicted molar refractivity (Wildman–Crippen MR) is 70.4 cm³/mol. The van der Waals surface area contributed by atoms with Crippen LogP contribution < -0.4 is 5.32 Å². The summed E-state index contributed by atoms with van der Waals surface area (Å²) in [6, 6.07) is -0.199. The zero-order valence-electron chi connectivity index (χ0n) is 11.7. The number of alkyl halides is 3. The summed E-state index contributed by atoms with van der Waals surface area (Å²) in [7, 11) is -3.06. The van der Waals surface area contributed by atoms with Crippen LogP contribution in [-0.2, 0) is 14.6 Å². The Morgan fingerprint density at radius 3 is 2.55 bits per heavy atom. The van der Waals surface area contributed by atoms with Gasteiger partial charge in [0.05, 0.1) is 11.9 Å². The summed E-state index contributed by atoms with van der Waals surface area (Å²) in [5.74, 6) is 0.0254. The second kappa shape index (κ2) is 7.09. The lowest BCUT2D eigenvalue weighted by atomic mass is 9.92. The van der Waals surface area contributed by atoms with Gasteiger partial charge in [0.2, 0.25) is 0 Å². The zero-order valence-corrected chi connectivity index (χ0v) is 12.6. The molecule has 1 fully saturated rings. The van der Waals surface area contributed by atoms with Crippen LogP contribution in [0.1, 0.15) is 32.6 Å². The number of hydrogen-bond acceptors (Lipinski definition) is 4. The molecule has 0 amide bonds. The molecule has 1 aliphatic rings. The van der Waals surface area contributed by atoms with Crippen molar-refractivity contribution in [3.63, 3.8) is 0 Å². The summed E-state index contributed by atoms with van der Waals surface area (Å²) in [5, 5.41) is 3.16. The third-order valence-corrected chi connectivity index (χ3v) is 4.29. The number of nitrogens with one attached hydrogen (secondary N) is 1. The predicted octanol–water partition coefficient (Wildman–Crippen LogP) is 1.90.